The zero-order chi connectivity index (χ0) is 22.9. The monoisotopic (exact) mass is 456 g/mol. The van der Waals surface area contributed by atoms with Gasteiger partial charge in [-0.3, -0.25) is 9.59 Å². The van der Waals surface area contributed by atoms with E-state index in [1.165, 1.54) is 0 Å². The number of anilines is 1. The highest BCUT2D eigenvalue weighted by Crippen LogP contribution is 2.41. The first-order valence-electron chi connectivity index (χ1n) is 10.4. The molecule has 0 radical (unpaired) electrons. The van der Waals surface area contributed by atoms with Crippen LogP contribution in [0.5, 0.6) is 0 Å². The first-order valence-corrected chi connectivity index (χ1v) is 12.2. The van der Waals surface area contributed by atoms with Crippen LogP contribution in [0, 0.1) is 0 Å². The van der Waals surface area contributed by atoms with Crippen LogP contribution in [0.4, 0.5) is 5.69 Å². The van der Waals surface area contributed by atoms with E-state index in [2.05, 4.69) is 10.6 Å². The van der Waals surface area contributed by atoms with Gasteiger partial charge in [-0.05, 0) is 18.1 Å². The summed E-state index contributed by atoms with van der Waals surface area (Å²) in [5.41, 5.74) is 4.65. The zero-order valence-electron chi connectivity index (χ0n) is 17.6. The lowest BCUT2D eigenvalue weighted by molar-refractivity contribution is -0.139. The first-order chi connectivity index (χ1) is 15.3. The molecule has 0 bridgehead atoms. The molecule has 0 spiro atoms. The number of fused-ring (bicyclic) bond motifs is 2. The van der Waals surface area contributed by atoms with E-state index < -0.39 is 21.8 Å². The van der Waals surface area contributed by atoms with E-state index in [0.29, 0.717) is 17.9 Å². The molecule has 2 aliphatic heterocycles. The molecule has 8 nitrogen and oxygen atoms in total. The Morgan fingerprint density at radius 2 is 2.00 bits per heavy atom. The van der Waals surface area contributed by atoms with Gasteiger partial charge in [0.2, 0.25) is 0 Å². The zero-order valence-corrected chi connectivity index (χ0v) is 18.4. The normalized spacial score (nSPS) is 18.0. The Labute approximate surface area is 186 Å². The fourth-order valence-corrected chi connectivity index (χ4v) is 4.75. The predicted molar refractivity (Wildman–Crippen MR) is 120 cm³/mol. The molecule has 2 heterocycles. The highest BCUT2D eigenvalue weighted by molar-refractivity contribution is 7.91. The summed E-state index contributed by atoms with van der Waals surface area (Å²) in [6.07, 6.45) is 0.00429. The van der Waals surface area contributed by atoms with Gasteiger partial charge in [0, 0.05) is 34.7 Å². The molecule has 0 saturated carbocycles. The Morgan fingerprint density at radius 3 is 2.75 bits per heavy atom. The lowest BCUT2D eigenvalue weighted by Crippen LogP contribution is -2.37. The van der Waals surface area contributed by atoms with Crippen molar-refractivity contribution >= 4 is 38.7 Å². The standard InChI is InChI=1S/C23H24N2O6S/c1-2-32(29,30)10-9-19(23(27)28)24-12-14-7-8-16-15(11-14)13-31-21(16)20-17-5-3-4-6-18(17)25-22(20)26/h3-8,11,19,24H,2,9-10,12-13H2,1H3,(H,25,26)(H,27,28)/b21-20+. The number of rotatable bonds is 8. The van der Waals surface area contributed by atoms with Crippen LogP contribution in [0.3, 0.4) is 0 Å². The number of sulfone groups is 1. The van der Waals surface area contributed by atoms with Crippen molar-refractivity contribution in [2.45, 2.75) is 32.5 Å². The Morgan fingerprint density at radius 1 is 1.22 bits per heavy atom. The second-order valence-electron chi connectivity index (χ2n) is 7.78. The van der Waals surface area contributed by atoms with E-state index in [0.717, 1.165) is 27.9 Å². The first kappa shape index (κ1) is 22.0. The van der Waals surface area contributed by atoms with Crippen molar-refractivity contribution in [2.75, 3.05) is 16.8 Å². The molecule has 3 N–H and O–H groups in total. The molecular weight excluding hydrogens is 432 g/mol. The molecule has 0 fully saturated rings. The second kappa shape index (κ2) is 8.76. The van der Waals surface area contributed by atoms with Crippen LogP contribution in [-0.2, 0) is 37.3 Å². The van der Waals surface area contributed by atoms with Gasteiger partial charge in [0.15, 0.2) is 0 Å². The molecular formula is C23H24N2O6S. The van der Waals surface area contributed by atoms with Gasteiger partial charge in [-0.2, -0.15) is 0 Å². The van der Waals surface area contributed by atoms with Crippen LogP contribution in [-0.4, -0.2) is 42.9 Å². The maximum Gasteiger partial charge on any atom is 0.320 e. The van der Waals surface area contributed by atoms with E-state index >= 15 is 0 Å². The lowest BCUT2D eigenvalue weighted by Gasteiger charge is -2.14. The number of hydrogen-bond donors (Lipinski definition) is 3. The molecule has 4 rings (SSSR count). The minimum Gasteiger partial charge on any atom is -0.487 e. The number of aliphatic carboxylic acids is 1. The summed E-state index contributed by atoms with van der Waals surface area (Å²) >= 11 is 0. The Hall–Kier alpha value is -3.17. The average molecular weight is 457 g/mol. The molecule has 168 valence electrons. The Kier molecular flexibility index (Phi) is 6.03. The molecule has 0 aliphatic carbocycles. The predicted octanol–water partition coefficient (Wildman–Crippen LogP) is 2.40. The SMILES string of the molecule is CCS(=O)(=O)CCC(NCc1ccc2c(c1)CO/C2=C1/C(=O)Nc2ccccc21)C(=O)O. The number of carboxylic acids is 1. The number of para-hydroxylation sites is 1. The van der Waals surface area contributed by atoms with Crippen molar-refractivity contribution in [3.8, 4) is 0 Å². The summed E-state index contributed by atoms with van der Waals surface area (Å²) in [6, 6.07) is 12.1. The second-order valence-corrected chi connectivity index (χ2v) is 10.3. The molecule has 0 aromatic heterocycles. The van der Waals surface area contributed by atoms with E-state index in [1.54, 1.807) is 6.92 Å². The lowest BCUT2D eigenvalue weighted by atomic mass is 9.99. The van der Waals surface area contributed by atoms with Crippen LogP contribution in [0.1, 0.15) is 35.6 Å². The maximum atomic E-state index is 12.5. The molecule has 2 aromatic rings. The summed E-state index contributed by atoms with van der Waals surface area (Å²) in [5.74, 6) is -0.934. The number of hydrogen-bond acceptors (Lipinski definition) is 6. The van der Waals surface area contributed by atoms with Gasteiger partial charge in [0.05, 0.1) is 11.3 Å². The highest BCUT2D eigenvalue weighted by atomic mass is 32.2. The number of carbonyl (C=O) groups is 2. The fourth-order valence-electron chi connectivity index (χ4n) is 3.87. The Balaban J connectivity index is 1.51. The van der Waals surface area contributed by atoms with Gasteiger partial charge in [-0.25, -0.2) is 8.42 Å². The number of carboxylic acid groups (broad SMARTS) is 1. The fraction of sp³-hybridized carbons (Fsp3) is 0.304. The molecule has 1 atom stereocenters. The van der Waals surface area contributed by atoms with E-state index in [-0.39, 0.29) is 30.4 Å². The van der Waals surface area contributed by atoms with Crippen molar-refractivity contribution in [2.24, 2.45) is 0 Å². The maximum absolute atomic E-state index is 12.5. The van der Waals surface area contributed by atoms with Crippen molar-refractivity contribution < 1.29 is 27.9 Å². The van der Waals surface area contributed by atoms with Crippen LogP contribution >= 0.6 is 0 Å². The Bertz CT molecular complexity index is 1220. The van der Waals surface area contributed by atoms with E-state index in [9.17, 15) is 23.1 Å². The smallest absolute Gasteiger partial charge is 0.320 e. The van der Waals surface area contributed by atoms with Gasteiger partial charge in [-0.1, -0.05) is 43.3 Å². The number of benzene rings is 2. The largest absolute Gasteiger partial charge is 0.487 e. The third kappa shape index (κ3) is 4.39. The van der Waals surface area contributed by atoms with Crippen LogP contribution in [0.2, 0.25) is 0 Å². The quantitative estimate of drug-likeness (QED) is 0.522. The number of amides is 1. The molecule has 32 heavy (non-hydrogen) atoms. The minimum absolute atomic E-state index is 0.00429. The third-order valence-electron chi connectivity index (χ3n) is 5.69. The summed E-state index contributed by atoms with van der Waals surface area (Å²) in [4.78, 5) is 24.0. The number of carbonyl (C=O) groups excluding carboxylic acids is 1. The van der Waals surface area contributed by atoms with Crippen LogP contribution < -0.4 is 10.6 Å². The highest BCUT2D eigenvalue weighted by Gasteiger charge is 2.32. The van der Waals surface area contributed by atoms with Gasteiger partial charge in [0.1, 0.15) is 28.2 Å². The average Bonchev–Trinajstić information content (AvgIpc) is 3.32. The number of nitrogens with one attached hydrogen (secondary N) is 2. The summed E-state index contributed by atoms with van der Waals surface area (Å²) < 4.78 is 29.3. The van der Waals surface area contributed by atoms with Crippen molar-refractivity contribution in [1.82, 2.24) is 5.32 Å². The molecule has 2 aliphatic rings. The number of ether oxygens (including phenoxy) is 1. The minimum atomic E-state index is -3.24. The molecule has 9 heteroatoms. The molecule has 0 saturated heterocycles. The van der Waals surface area contributed by atoms with Gasteiger partial charge >= 0.3 is 5.97 Å². The van der Waals surface area contributed by atoms with Crippen molar-refractivity contribution in [3.05, 3.63) is 64.7 Å². The summed E-state index contributed by atoms with van der Waals surface area (Å²) in [7, 11) is -3.24. The molecule has 2 aromatic carbocycles. The summed E-state index contributed by atoms with van der Waals surface area (Å²) in [5, 5.41) is 15.2. The molecule has 1 amide bonds. The van der Waals surface area contributed by atoms with Gasteiger partial charge < -0.3 is 20.5 Å². The van der Waals surface area contributed by atoms with Crippen molar-refractivity contribution in [1.29, 1.82) is 0 Å². The van der Waals surface area contributed by atoms with Crippen LogP contribution in [0.15, 0.2) is 42.5 Å². The van der Waals surface area contributed by atoms with E-state index in [4.69, 9.17) is 4.74 Å². The van der Waals surface area contributed by atoms with Gasteiger partial charge in [0.25, 0.3) is 5.91 Å². The third-order valence-corrected chi connectivity index (χ3v) is 7.43. The molecule has 1 unspecified atom stereocenters. The topological polar surface area (TPSA) is 122 Å². The van der Waals surface area contributed by atoms with E-state index in [1.807, 2.05) is 42.5 Å². The summed E-state index contributed by atoms with van der Waals surface area (Å²) in [6.45, 7) is 2.13. The van der Waals surface area contributed by atoms with Crippen LogP contribution in [0.25, 0.3) is 11.3 Å². The van der Waals surface area contributed by atoms with Gasteiger partial charge in [-0.15, -0.1) is 0 Å². The van der Waals surface area contributed by atoms with Crippen molar-refractivity contribution in [3.63, 3.8) is 0 Å².